The highest BCUT2D eigenvalue weighted by Crippen LogP contribution is 2.29. The maximum Gasteiger partial charge on any atom is 0.263 e. The van der Waals surface area contributed by atoms with Gasteiger partial charge in [-0.25, -0.2) is 16.8 Å². The van der Waals surface area contributed by atoms with Gasteiger partial charge in [0.15, 0.2) is 9.84 Å². The highest BCUT2D eigenvalue weighted by molar-refractivity contribution is 7.95. The van der Waals surface area contributed by atoms with Gasteiger partial charge in [-0.05, 0) is 42.5 Å². The van der Waals surface area contributed by atoms with Crippen LogP contribution in [0.2, 0.25) is 0 Å². The van der Waals surface area contributed by atoms with Gasteiger partial charge in [-0.2, -0.15) is 5.10 Å². The number of rotatable bonds is 5. The first-order valence-corrected chi connectivity index (χ1v) is 11.8. The molecule has 2 aromatic heterocycles. The van der Waals surface area contributed by atoms with Gasteiger partial charge in [0, 0.05) is 35.3 Å². The molecule has 29 heavy (non-hydrogen) atoms. The Bertz CT molecular complexity index is 1410. The van der Waals surface area contributed by atoms with Gasteiger partial charge in [-0.15, -0.1) is 0 Å². The third kappa shape index (κ3) is 3.71. The van der Waals surface area contributed by atoms with Gasteiger partial charge in [0.25, 0.3) is 10.0 Å². The predicted molar refractivity (Wildman–Crippen MR) is 110 cm³/mol. The number of nitrogens with zero attached hydrogens (tertiary/aromatic N) is 2. The Hall–Kier alpha value is -3.24. The number of H-pyrrole nitrogens is 1. The molecule has 4 rings (SSSR count). The van der Waals surface area contributed by atoms with Crippen molar-refractivity contribution in [2.75, 3.05) is 11.0 Å². The fraction of sp³-hybridized carbons (Fsp3) is 0.0526. The molecule has 0 unspecified atom stereocenters. The molecule has 0 bridgehead atoms. The highest BCUT2D eigenvalue weighted by Gasteiger charge is 2.23. The molecule has 2 heterocycles. The molecule has 0 fully saturated rings. The van der Waals surface area contributed by atoms with E-state index in [9.17, 15) is 16.8 Å². The molecule has 0 saturated carbocycles. The minimum Gasteiger partial charge on any atom is -0.280 e. The van der Waals surface area contributed by atoms with Gasteiger partial charge >= 0.3 is 0 Å². The van der Waals surface area contributed by atoms with E-state index in [-0.39, 0.29) is 15.5 Å². The lowest BCUT2D eigenvalue weighted by molar-refractivity contribution is 0.588. The average molecular weight is 428 g/mol. The van der Waals surface area contributed by atoms with Crippen molar-refractivity contribution in [3.05, 3.63) is 67.0 Å². The third-order valence-electron chi connectivity index (χ3n) is 4.31. The minimum absolute atomic E-state index is 0.255. The molecule has 4 aromatic rings. The fourth-order valence-corrected chi connectivity index (χ4v) is 5.68. The second-order valence-electron chi connectivity index (χ2n) is 6.39. The van der Waals surface area contributed by atoms with Crippen molar-refractivity contribution < 1.29 is 16.8 Å². The van der Waals surface area contributed by atoms with E-state index in [2.05, 4.69) is 19.9 Å². The van der Waals surface area contributed by atoms with E-state index in [1.807, 2.05) is 0 Å². The van der Waals surface area contributed by atoms with Gasteiger partial charge in [0.1, 0.15) is 10.6 Å². The molecule has 0 aliphatic carbocycles. The van der Waals surface area contributed by atoms with Crippen molar-refractivity contribution in [1.82, 2.24) is 15.2 Å². The number of sulfone groups is 1. The van der Waals surface area contributed by atoms with Crippen LogP contribution in [-0.4, -0.2) is 38.3 Å². The summed E-state index contributed by atoms with van der Waals surface area (Å²) in [7, 11) is -7.84. The molecule has 0 aliphatic rings. The van der Waals surface area contributed by atoms with E-state index in [4.69, 9.17) is 0 Å². The van der Waals surface area contributed by atoms with Gasteiger partial charge in [-0.3, -0.25) is 14.8 Å². The van der Waals surface area contributed by atoms with Crippen LogP contribution in [0.5, 0.6) is 0 Å². The highest BCUT2D eigenvalue weighted by atomic mass is 32.2. The molecule has 2 N–H and O–H groups in total. The second kappa shape index (κ2) is 6.98. The number of nitrogens with one attached hydrogen (secondary N) is 2. The summed E-state index contributed by atoms with van der Waals surface area (Å²) in [5, 5.41) is 7.92. The largest absolute Gasteiger partial charge is 0.280 e. The standard InChI is InChI=1S/C19H16N4O4S2/c1-28(24,25)17-4-2-3-5-18(17)29(26,27)23-14-6-7-16-15(12-14)19(22-21-16)13-8-10-20-11-9-13/h2-12,23H,1H3,(H,21,22). The van der Waals surface area contributed by atoms with Crippen LogP contribution in [0.15, 0.2) is 76.8 Å². The van der Waals surface area contributed by atoms with Crippen LogP contribution in [0.3, 0.4) is 0 Å². The van der Waals surface area contributed by atoms with Crippen molar-refractivity contribution in [1.29, 1.82) is 0 Å². The Labute approximate surface area is 167 Å². The number of hydrogen-bond acceptors (Lipinski definition) is 6. The van der Waals surface area contributed by atoms with Crippen molar-refractivity contribution in [2.45, 2.75) is 9.79 Å². The Morgan fingerprint density at radius 1 is 0.897 bits per heavy atom. The van der Waals surface area contributed by atoms with Crippen LogP contribution in [0.25, 0.3) is 22.2 Å². The smallest absolute Gasteiger partial charge is 0.263 e. The summed E-state index contributed by atoms with van der Waals surface area (Å²) in [4.78, 5) is 3.43. The maximum absolute atomic E-state index is 12.9. The van der Waals surface area contributed by atoms with Crippen molar-refractivity contribution in [3.8, 4) is 11.3 Å². The minimum atomic E-state index is -4.13. The summed E-state index contributed by atoms with van der Waals surface area (Å²) in [6.07, 6.45) is 4.26. The topological polar surface area (TPSA) is 122 Å². The quantitative estimate of drug-likeness (QED) is 0.504. The Morgan fingerprint density at radius 2 is 1.59 bits per heavy atom. The molecule has 0 radical (unpaired) electrons. The van der Waals surface area contributed by atoms with Gasteiger partial charge in [-0.1, -0.05) is 12.1 Å². The summed E-state index contributed by atoms with van der Waals surface area (Å²) in [5.74, 6) is 0. The monoisotopic (exact) mass is 428 g/mol. The summed E-state index contributed by atoms with van der Waals surface area (Å²) in [6.45, 7) is 0. The normalized spacial score (nSPS) is 12.2. The van der Waals surface area contributed by atoms with Crippen LogP contribution >= 0.6 is 0 Å². The van der Waals surface area contributed by atoms with Gasteiger partial charge in [0.2, 0.25) is 0 Å². The van der Waals surface area contributed by atoms with Crippen molar-refractivity contribution in [2.24, 2.45) is 0 Å². The summed E-state index contributed by atoms with van der Waals surface area (Å²) in [6, 6.07) is 14.0. The van der Waals surface area contributed by atoms with Crippen LogP contribution in [-0.2, 0) is 19.9 Å². The molecule has 0 amide bonds. The first kappa shape index (κ1) is 19.1. The molecular formula is C19H16N4O4S2. The van der Waals surface area contributed by atoms with Gasteiger partial charge < -0.3 is 0 Å². The Kier molecular flexibility index (Phi) is 4.59. The number of aromatic amines is 1. The number of anilines is 1. The SMILES string of the molecule is CS(=O)(=O)c1ccccc1S(=O)(=O)Nc1ccc2[nH]nc(-c3ccncc3)c2c1. The molecule has 0 atom stereocenters. The molecule has 10 heteroatoms. The predicted octanol–water partition coefficient (Wildman–Crippen LogP) is 2.83. The zero-order valence-electron chi connectivity index (χ0n) is 15.2. The zero-order chi connectivity index (χ0) is 20.6. The van der Waals surface area contributed by atoms with E-state index >= 15 is 0 Å². The molecule has 0 aliphatic heterocycles. The maximum atomic E-state index is 12.9. The average Bonchev–Trinajstić information content (AvgIpc) is 3.11. The summed E-state index contributed by atoms with van der Waals surface area (Å²) in [5.41, 5.74) is 2.50. The van der Waals surface area contributed by atoms with E-state index in [0.29, 0.717) is 11.1 Å². The van der Waals surface area contributed by atoms with E-state index in [0.717, 1.165) is 17.3 Å². The Morgan fingerprint density at radius 3 is 2.28 bits per heavy atom. The number of sulfonamides is 1. The number of pyridine rings is 1. The lowest BCUT2D eigenvalue weighted by Crippen LogP contribution is -2.16. The molecule has 2 aromatic carbocycles. The lowest BCUT2D eigenvalue weighted by Gasteiger charge is -2.11. The van der Waals surface area contributed by atoms with Crippen LogP contribution in [0.1, 0.15) is 0 Å². The molecule has 8 nitrogen and oxygen atoms in total. The van der Waals surface area contributed by atoms with Crippen LogP contribution < -0.4 is 4.72 Å². The molecular weight excluding hydrogens is 412 g/mol. The molecule has 0 saturated heterocycles. The van der Waals surface area contributed by atoms with Crippen molar-refractivity contribution in [3.63, 3.8) is 0 Å². The second-order valence-corrected chi connectivity index (χ2v) is 10.0. The Balaban J connectivity index is 1.77. The lowest BCUT2D eigenvalue weighted by atomic mass is 10.1. The molecule has 0 spiro atoms. The molecule has 148 valence electrons. The van der Waals surface area contributed by atoms with Crippen molar-refractivity contribution >= 4 is 36.5 Å². The van der Waals surface area contributed by atoms with Crippen LogP contribution in [0.4, 0.5) is 5.69 Å². The first-order chi connectivity index (χ1) is 13.8. The van der Waals surface area contributed by atoms with Gasteiger partial charge in [0.05, 0.1) is 10.4 Å². The zero-order valence-corrected chi connectivity index (χ0v) is 16.8. The number of fused-ring (bicyclic) bond motifs is 1. The fourth-order valence-electron chi connectivity index (χ4n) is 3.00. The summed E-state index contributed by atoms with van der Waals surface area (Å²) >= 11 is 0. The van der Waals surface area contributed by atoms with E-state index in [1.165, 1.54) is 24.3 Å². The number of hydrogen-bond donors (Lipinski definition) is 2. The first-order valence-electron chi connectivity index (χ1n) is 8.46. The van der Waals surface area contributed by atoms with Crippen LogP contribution in [0, 0.1) is 0 Å². The number of benzene rings is 2. The van der Waals surface area contributed by atoms with E-state index < -0.39 is 19.9 Å². The summed E-state index contributed by atoms with van der Waals surface area (Å²) < 4.78 is 52.2. The third-order valence-corrected chi connectivity index (χ3v) is 7.03. The number of aromatic nitrogens is 3. The van der Waals surface area contributed by atoms with E-state index in [1.54, 1.807) is 42.7 Å².